The number of nitrogens with one attached hydrogen (secondary N) is 1. The molecule has 2 aromatic rings. The van der Waals surface area contributed by atoms with Crippen LogP contribution in [0.1, 0.15) is 37.1 Å². The summed E-state index contributed by atoms with van der Waals surface area (Å²) in [7, 11) is 2.17. The van der Waals surface area contributed by atoms with Gasteiger partial charge in [-0.2, -0.15) is 0 Å². The fraction of sp³-hybridized carbons (Fsp3) is 0.545. The molecule has 2 heterocycles. The molecule has 0 aliphatic carbocycles. The average molecular weight is 385 g/mol. The van der Waals surface area contributed by atoms with Crippen LogP contribution in [0.5, 0.6) is 5.75 Å². The number of H-pyrrole nitrogens is 1. The Bertz CT molecular complexity index is 854. The molecule has 152 valence electrons. The monoisotopic (exact) mass is 384 g/mol. The van der Waals surface area contributed by atoms with E-state index in [4.69, 9.17) is 9.72 Å². The lowest BCUT2D eigenvalue weighted by atomic mass is 10.1. The highest BCUT2D eigenvalue weighted by Gasteiger charge is 2.17. The van der Waals surface area contributed by atoms with Crippen LogP contribution in [0.4, 0.5) is 0 Å². The second kappa shape index (κ2) is 9.34. The first kappa shape index (κ1) is 20.6. The highest BCUT2D eigenvalue weighted by molar-refractivity contribution is 5.65. The molecule has 1 aromatic heterocycles. The quantitative estimate of drug-likeness (QED) is 0.795. The van der Waals surface area contributed by atoms with Crippen molar-refractivity contribution in [1.82, 2.24) is 19.8 Å². The Morgan fingerprint density at radius 1 is 1.18 bits per heavy atom. The number of likely N-dealkylation sites (N-methyl/N-ethyl adjacent to an activating group) is 1. The van der Waals surface area contributed by atoms with Gasteiger partial charge in [-0.15, -0.1) is 0 Å². The molecule has 6 heteroatoms. The fourth-order valence-electron chi connectivity index (χ4n) is 3.51. The van der Waals surface area contributed by atoms with Gasteiger partial charge in [-0.1, -0.05) is 19.9 Å². The normalized spacial score (nSPS) is 15.7. The van der Waals surface area contributed by atoms with E-state index in [2.05, 4.69) is 40.9 Å². The Labute approximate surface area is 167 Å². The summed E-state index contributed by atoms with van der Waals surface area (Å²) in [5.41, 5.74) is 3.53. The minimum Gasteiger partial charge on any atom is -0.493 e. The molecule has 0 unspecified atom stereocenters. The Hall–Kier alpha value is -2.18. The maximum Gasteiger partial charge on any atom is 0.254 e. The molecule has 1 saturated heterocycles. The molecule has 0 bridgehead atoms. The van der Waals surface area contributed by atoms with Crippen molar-refractivity contribution in [2.24, 2.45) is 0 Å². The minimum atomic E-state index is -0.0761. The zero-order chi connectivity index (χ0) is 20.1. The van der Waals surface area contributed by atoms with Crippen LogP contribution < -0.4 is 10.3 Å². The van der Waals surface area contributed by atoms with Crippen molar-refractivity contribution >= 4 is 0 Å². The first-order valence-electron chi connectivity index (χ1n) is 10.3. The van der Waals surface area contributed by atoms with Crippen molar-refractivity contribution in [1.29, 1.82) is 0 Å². The average Bonchev–Trinajstić information content (AvgIpc) is 2.70. The Kier molecular flexibility index (Phi) is 6.86. The van der Waals surface area contributed by atoms with E-state index < -0.39 is 0 Å². The molecule has 6 nitrogen and oxygen atoms in total. The lowest BCUT2D eigenvalue weighted by Gasteiger charge is -2.32. The number of benzene rings is 1. The fourth-order valence-corrected chi connectivity index (χ4v) is 3.51. The summed E-state index contributed by atoms with van der Waals surface area (Å²) < 4.78 is 5.96. The van der Waals surface area contributed by atoms with Crippen molar-refractivity contribution in [3.05, 3.63) is 45.4 Å². The SMILES string of the molecule is CCCOc1ccc(CN2CCN(C)CC2)cc1-c1nc(CC)c(C)c(=O)[nH]1. The predicted molar refractivity (Wildman–Crippen MR) is 113 cm³/mol. The third kappa shape index (κ3) is 4.80. The lowest BCUT2D eigenvalue weighted by molar-refractivity contribution is 0.148. The zero-order valence-electron chi connectivity index (χ0n) is 17.5. The molecular formula is C22H32N4O2. The zero-order valence-corrected chi connectivity index (χ0v) is 17.5. The molecule has 0 atom stereocenters. The Morgan fingerprint density at radius 3 is 2.61 bits per heavy atom. The van der Waals surface area contributed by atoms with Crippen LogP contribution in [0.15, 0.2) is 23.0 Å². The van der Waals surface area contributed by atoms with Gasteiger partial charge in [0.2, 0.25) is 0 Å². The maximum atomic E-state index is 12.4. The van der Waals surface area contributed by atoms with Crippen LogP contribution in [0.2, 0.25) is 0 Å². The summed E-state index contributed by atoms with van der Waals surface area (Å²) in [6, 6.07) is 6.26. The van der Waals surface area contributed by atoms with Gasteiger partial charge in [0.1, 0.15) is 11.6 Å². The lowest BCUT2D eigenvalue weighted by Crippen LogP contribution is -2.43. The number of piperazine rings is 1. The van der Waals surface area contributed by atoms with E-state index in [1.807, 2.05) is 19.9 Å². The van der Waals surface area contributed by atoms with Crippen molar-refractivity contribution < 1.29 is 4.74 Å². The molecular weight excluding hydrogens is 352 g/mol. The first-order valence-corrected chi connectivity index (χ1v) is 10.3. The number of hydrogen-bond acceptors (Lipinski definition) is 5. The predicted octanol–water partition coefficient (Wildman–Crippen LogP) is 2.84. The van der Waals surface area contributed by atoms with Gasteiger partial charge in [-0.3, -0.25) is 9.69 Å². The van der Waals surface area contributed by atoms with Crippen molar-refractivity contribution in [3.8, 4) is 17.1 Å². The molecule has 0 radical (unpaired) electrons. The molecule has 28 heavy (non-hydrogen) atoms. The van der Waals surface area contributed by atoms with Crippen LogP contribution in [0, 0.1) is 6.92 Å². The molecule has 1 fully saturated rings. The molecule has 0 saturated carbocycles. The molecule has 1 N–H and O–H groups in total. The summed E-state index contributed by atoms with van der Waals surface area (Å²) in [4.78, 5) is 24.9. The number of aryl methyl sites for hydroxylation is 1. The highest BCUT2D eigenvalue weighted by atomic mass is 16.5. The Morgan fingerprint density at radius 2 is 1.93 bits per heavy atom. The van der Waals surface area contributed by atoms with E-state index in [0.717, 1.165) is 62.6 Å². The van der Waals surface area contributed by atoms with E-state index in [1.165, 1.54) is 5.56 Å². The van der Waals surface area contributed by atoms with Crippen molar-refractivity contribution in [2.45, 2.75) is 40.2 Å². The van der Waals surface area contributed by atoms with E-state index in [-0.39, 0.29) is 5.56 Å². The molecule has 1 aromatic carbocycles. The largest absolute Gasteiger partial charge is 0.493 e. The third-order valence-electron chi connectivity index (χ3n) is 5.35. The van der Waals surface area contributed by atoms with Crippen LogP contribution in [0.25, 0.3) is 11.4 Å². The van der Waals surface area contributed by atoms with Gasteiger partial charge in [0.25, 0.3) is 5.56 Å². The number of rotatable bonds is 7. The smallest absolute Gasteiger partial charge is 0.254 e. The molecule has 1 aliphatic heterocycles. The standard InChI is InChI=1S/C22H32N4O2/c1-5-13-28-20-8-7-17(15-26-11-9-25(4)10-12-26)14-18(20)21-23-19(6-2)16(3)22(27)24-21/h7-8,14H,5-6,9-13,15H2,1-4H3,(H,23,24,27). The number of ether oxygens (including phenoxy) is 1. The Balaban J connectivity index is 1.94. The summed E-state index contributed by atoms with van der Waals surface area (Å²) >= 11 is 0. The second-order valence-electron chi connectivity index (χ2n) is 7.60. The van der Waals surface area contributed by atoms with E-state index >= 15 is 0 Å². The van der Waals surface area contributed by atoms with Gasteiger partial charge in [0.05, 0.1) is 17.9 Å². The van der Waals surface area contributed by atoms with Gasteiger partial charge < -0.3 is 14.6 Å². The number of aromatic amines is 1. The summed E-state index contributed by atoms with van der Waals surface area (Å²) in [5.74, 6) is 1.37. The highest BCUT2D eigenvalue weighted by Crippen LogP contribution is 2.29. The van der Waals surface area contributed by atoms with Gasteiger partial charge >= 0.3 is 0 Å². The van der Waals surface area contributed by atoms with Crippen molar-refractivity contribution in [2.75, 3.05) is 39.8 Å². The first-order chi connectivity index (χ1) is 13.5. The number of hydrogen-bond donors (Lipinski definition) is 1. The maximum absolute atomic E-state index is 12.4. The van der Waals surface area contributed by atoms with Gasteiger partial charge in [0, 0.05) is 38.3 Å². The molecule has 3 rings (SSSR count). The van der Waals surface area contributed by atoms with Crippen LogP contribution in [-0.4, -0.2) is 59.6 Å². The molecule has 1 aliphatic rings. The topological polar surface area (TPSA) is 61.5 Å². The summed E-state index contributed by atoms with van der Waals surface area (Å²) in [6.45, 7) is 11.8. The van der Waals surface area contributed by atoms with Crippen LogP contribution >= 0.6 is 0 Å². The molecule has 0 amide bonds. The third-order valence-corrected chi connectivity index (χ3v) is 5.35. The van der Waals surface area contributed by atoms with Crippen LogP contribution in [-0.2, 0) is 13.0 Å². The van der Waals surface area contributed by atoms with Crippen molar-refractivity contribution in [3.63, 3.8) is 0 Å². The van der Waals surface area contributed by atoms with Gasteiger partial charge in [0.15, 0.2) is 0 Å². The van der Waals surface area contributed by atoms with E-state index in [0.29, 0.717) is 18.0 Å². The van der Waals surface area contributed by atoms with E-state index in [1.54, 1.807) is 0 Å². The van der Waals surface area contributed by atoms with Crippen LogP contribution in [0.3, 0.4) is 0 Å². The second-order valence-corrected chi connectivity index (χ2v) is 7.60. The summed E-state index contributed by atoms with van der Waals surface area (Å²) in [6.07, 6.45) is 1.66. The summed E-state index contributed by atoms with van der Waals surface area (Å²) in [5, 5.41) is 0. The van der Waals surface area contributed by atoms with Gasteiger partial charge in [-0.05, 0) is 44.5 Å². The van der Waals surface area contributed by atoms with E-state index in [9.17, 15) is 4.79 Å². The molecule has 0 spiro atoms. The number of aromatic nitrogens is 2. The van der Waals surface area contributed by atoms with Gasteiger partial charge in [-0.25, -0.2) is 4.98 Å². The number of nitrogens with zero attached hydrogens (tertiary/aromatic N) is 3. The minimum absolute atomic E-state index is 0.0761.